The van der Waals surface area contributed by atoms with Crippen molar-refractivity contribution in [2.75, 3.05) is 13.2 Å². The van der Waals surface area contributed by atoms with Crippen molar-refractivity contribution >= 4 is 11.9 Å². The Balaban J connectivity index is 1.53. The summed E-state index contributed by atoms with van der Waals surface area (Å²) in [7, 11) is 0. The molecule has 5 nitrogen and oxygen atoms in total. The van der Waals surface area contributed by atoms with E-state index in [0.717, 1.165) is 11.3 Å². The summed E-state index contributed by atoms with van der Waals surface area (Å²) in [6, 6.07) is 18.9. The fraction of sp³-hybridized carbons (Fsp3) is 0.263. The molecular formula is C19H21NO4. The van der Waals surface area contributed by atoms with Crippen molar-refractivity contribution in [3.8, 4) is 5.75 Å². The van der Waals surface area contributed by atoms with Crippen LogP contribution in [0.4, 0.5) is 0 Å². The van der Waals surface area contributed by atoms with Crippen LogP contribution in [0.2, 0.25) is 0 Å². The molecule has 0 bridgehead atoms. The second-order valence-corrected chi connectivity index (χ2v) is 5.19. The molecule has 1 N–H and O–H groups in total. The highest BCUT2D eigenvalue weighted by atomic mass is 16.5. The van der Waals surface area contributed by atoms with Crippen molar-refractivity contribution in [3.05, 3.63) is 66.2 Å². The van der Waals surface area contributed by atoms with E-state index in [2.05, 4.69) is 5.32 Å². The number of rotatable bonds is 9. The monoisotopic (exact) mass is 327 g/mol. The average Bonchev–Trinajstić information content (AvgIpc) is 2.63. The summed E-state index contributed by atoms with van der Waals surface area (Å²) in [5, 5.41) is 2.70. The number of hydrogen-bond acceptors (Lipinski definition) is 4. The molecule has 0 aliphatic carbocycles. The molecule has 0 radical (unpaired) electrons. The molecule has 0 spiro atoms. The first kappa shape index (κ1) is 17.5. The zero-order valence-electron chi connectivity index (χ0n) is 13.4. The van der Waals surface area contributed by atoms with Gasteiger partial charge in [-0.15, -0.1) is 0 Å². The molecule has 0 heterocycles. The average molecular weight is 327 g/mol. The summed E-state index contributed by atoms with van der Waals surface area (Å²) < 4.78 is 10.4. The van der Waals surface area contributed by atoms with Gasteiger partial charge < -0.3 is 14.8 Å². The van der Waals surface area contributed by atoms with E-state index in [0.29, 0.717) is 19.6 Å². The van der Waals surface area contributed by atoms with Crippen LogP contribution >= 0.6 is 0 Å². The lowest BCUT2D eigenvalue weighted by molar-refractivity contribution is -0.148. The molecule has 0 aromatic heterocycles. The molecule has 1 amide bonds. The van der Waals surface area contributed by atoms with Crippen LogP contribution in [0.5, 0.6) is 5.75 Å². The lowest BCUT2D eigenvalue weighted by atomic mass is 10.2. The number of carbonyl (C=O) groups excluding carboxylic acids is 2. The first-order chi connectivity index (χ1) is 11.7. The Hall–Kier alpha value is -2.82. The van der Waals surface area contributed by atoms with Crippen molar-refractivity contribution in [1.29, 1.82) is 0 Å². The maximum Gasteiger partial charge on any atom is 0.306 e. The summed E-state index contributed by atoms with van der Waals surface area (Å²) in [5.74, 6) is 0.0559. The Morgan fingerprint density at radius 2 is 1.58 bits per heavy atom. The number of hydrogen-bond donors (Lipinski definition) is 1. The molecule has 0 saturated heterocycles. The zero-order chi connectivity index (χ0) is 17.0. The minimum absolute atomic E-state index is 0.221. The molecule has 126 valence electrons. The summed E-state index contributed by atoms with van der Waals surface area (Å²) in [4.78, 5) is 23.2. The number of benzene rings is 2. The molecular weight excluding hydrogens is 306 g/mol. The predicted octanol–water partition coefficient (Wildman–Crippen LogP) is 2.71. The van der Waals surface area contributed by atoms with Crippen LogP contribution in [-0.4, -0.2) is 25.1 Å². The van der Waals surface area contributed by atoms with Crippen LogP contribution in [0.3, 0.4) is 0 Å². The highest BCUT2D eigenvalue weighted by Crippen LogP contribution is 2.08. The van der Waals surface area contributed by atoms with Gasteiger partial charge in [-0.25, -0.2) is 0 Å². The molecule has 2 aromatic rings. The van der Waals surface area contributed by atoms with Crippen LogP contribution in [-0.2, 0) is 20.9 Å². The van der Waals surface area contributed by atoms with Gasteiger partial charge in [-0.2, -0.15) is 0 Å². The highest BCUT2D eigenvalue weighted by molar-refractivity contribution is 5.80. The topological polar surface area (TPSA) is 64.6 Å². The predicted molar refractivity (Wildman–Crippen MR) is 90.4 cm³/mol. The molecule has 0 aliphatic heterocycles. The second kappa shape index (κ2) is 10.0. The second-order valence-electron chi connectivity index (χ2n) is 5.19. The molecule has 0 saturated carbocycles. The minimum Gasteiger partial charge on any atom is -0.494 e. The molecule has 2 aromatic carbocycles. The Morgan fingerprint density at radius 1 is 0.917 bits per heavy atom. The number of carbonyl (C=O) groups is 2. The first-order valence-corrected chi connectivity index (χ1v) is 7.88. The summed E-state index contributed by atoms with van der Waals surface area (Å²) >= 11 is 0. The lowest BCUT2D eigenvalue weighted by Gasteiger charge is -2.07. The number of amides is 1. The van der Waals surface area contributed by atoms with E-state index in [1.54, 1.807) is 0 Å². The van der Waals surface area contributed by atoms with Gasteiger partial charge in [-0.1, -0.05) is 48.5 Å². The van der Waals surface area contributed by atoms with Gasteiger partial charge in [0.25, 0.3) is 5.91 Å². The molecule has 0 aliphatic rings. The third-order valence-electron chi connectivity index (χ3n) is 3.23. The maximum absolute atomic E-state index is 11.6. The number of ether oxygens (including phenoxy) is 2. The first-order valence-electron chi connectivity index (χ1n) is 7.88. The third-order valence-corrected chi connectivity index (χ3v) is 3.23. The number of esters is 1. The summed E-state index contributed by atoms with van der Waals surface area (Å²) in [6.07, 6.45) is 0.762. The Labute approximate surface area is 141 Å². The van der Waals surface area contributed by atoms with E-state index in [9.17, 15) is 9.59 Å². The molecule has 24 heavy (non-hydrogen) atoms. The van der Waals surface area contributed by atoms with Gasteiger partial charge >= 0.3 is 5.97 Å². The fourth-order valence-corrected chi connectivity index (χ4v) is 1.99. The van der Waals surface area contributed by atoms with Gasteiger partial charge in [0.2, 0.25) is 0 Å². The quantitative estimate of drug-likeness (QED) is 0.568. The summed E-state index contributed by atoms with van der Waals surface area (Å²) in [5.41, 5.74) is 0.996. The van der Waals surface area contributed by atoms with Crippen LogP contribution in [0.15, 0.2) is 60.7 Å². The van der Waals surface area contributed by atoms with E-state index >= 15 is 0 Å². The van der Waals surface area contributed by atoms with Crippen molar-refractivity contribution < 1.29 is 19.1 Å². The normalized spacial score (nSPS) is 10.0. The van der Waals surface area contributed by atoms with Gasteiger partial charge in [-0.3, -0.25) is 9.59 Å². The minimum atomic E-state index is -0.401. The highest BCUT2D eigenvalue weighted by Gasteiger charge is 2.07. The van der Waals surface area contributed by atoms with Crippen LogP contribution in [0.1, 0.15) is 18.4 Å². The van der Waals surface area contributed by atoms with Gasteiger partial charge in [0.1, 0.15) is 5.75 Å². The zero-order valence-corrected chi connectivity index (χ0v) is 13.4. The smallest absolute Gasteiger partial charge is 0.306 e. The van der Waals surface area contributed by atoms with E-state index < -0.39 is 5.97 Å². The molecule has 0 atom stereocenters. The van der Waals surface area contributed by atoms with Crippen LogP contribution < -0.4 is 10.1 Å². The van der Waals surface area contributed by atoms with E-state index in [-0.39, 0.29) is 18.9 Å². The molecule has 5 heteroatoms. The van der Waals surface area contributed by atoms with Crippen molar-refractivity contribution in [3.63, 3.8) is 0 Å². The Kier molecular flexibility index (Phi) is 7.34. The Morgan fingerprint density at radius 3 is 2.29 bits per heavy atom. The van der Waals surface area contributed by atoms with Gasteiger partial charge in [0, 0.05) is 13.0 Å². The maximum atomic E-state index is 11.6. The summed E-state index contributed by atoms with van der Waals surface area (Å²) in [6.45, 7) is 0.590. The van der Waals surface area contributed by atoms with E-state index in [1.807, 2.05) is 60.7 Å². The largest absolute Gasteiger partial charge is 0.494 e. The SMILES string of the molecule is O=C(COC(=O)CCCOc1ccccc1)NCc1ccccc1. The molecule has 2 rings (SSSR count). The lowest BCUT2D eigenvalue weighted by Crippen LogP contribution is -2.28. The van der Waals surface area contributed by atoms with E-state index in [1.165, 1.54) is 0 Å². The van der Waals surface area contributed by atoms with Gasteiger partial charge in [-0.05, 0) is 24.1 Å². The van der Waals surface area contributed by atoms with Crippen molar-refractivity contribution in [2.45, 2.75) is 19.4 Å². The Bertz CT molecular complexity index is 628. The van der Waals surface area contributed by atoms with E-state index in [4.69, 9.17) is 9.47 Å². The van der Waals surface area contributed by atoms with Crippen molar-refractivity contribution in [2.24, 2.45) is 0 Å². The van der Waals surface area contributed by atoms with Gasteiger partial charge in [0.15, 0.2) is 6.61 Å². The van der Waals surface area contributed by atoms with Gasteiger partial charge in [0.05, 0.1) is 6.61 Å². The number of para-hydroxylation sites is 1. The number of nitrogens with one attached hydrogen (secondary N) is 1. The fourth-order valence-electron chi connectivity index (χ4n) is 1.99. The van der Waals surface area contributed by atoms with Crippen molar-refractivity contribution in [1.82, 2.24) is 5.32 Å². The third kappa shape index (κ3) is 6.96. The van der Waals surface area contributed by atoms with Crippen LogP contribution in [0.25, 0.3) is 0 Å². The van der Waals surface area contributed by atoms with Crippen LogP contribution in [0, 0.1) is 0 Å². The molecule has 0 fully saturated rings. The molecule has 0 unspecified atom stereocenters. The standard InChI is InChI=1S/C19H21NO4/c21-18(20-14-16-8-3-1-4-9-16)15-24-19(22)12-7-13-23-17-10-5-2-6-11-17/h1-6,8-11H,7,12-15H2,(H,20,21).